The molecular weight excluding hydrogens is 288 g/mol. The van der Waals surface area contributed by atoms with Crippen LogP contribution in [0.5, 0.6) is 0 Å². The molecule has 1 aromatic heterocycles. The van der Waals surface area contributed by atoms with Gasteiger partial charge in [0.1, 0.15) is 5.82 Å². The number of hydrogen-bond acceptors (Lipinski definition) is 3. The molecule has 4 nitrogen and oxygen atoms in total. The molecule has 4 heteroatoms. The Morgan fingerprint density at radius 3 is 3.09 bits per heavy atom. The van der Waals surface area contributed by atoms with Crippen molar-refractivity contribution in [1.29, 1.82) is 0 Å². The lowest BCUT2D eigenvalue weighted by atomic mass is 9.82. The van der Waals surface area contributed by atoms with Gasteiger partial charge in [-0.2, -0.15) is 0 Å². The van der Waals surface area contributed by atoms with Crippen LogP contribution < -0.4 is 5.32 Å². The molecule has 4 rings (SSSR count). The summed E-state index contributed by atoms with van der Waals surface area (Å²) in [5, 5.41) is 3.00. The molecule has 2 unspecified atom stereocenters. The molecular formula is C19H22N2O2. The Morgan fingerprint density at radius 1 is 1.43 bits per heavy atom. The quantitative estimate of drug-likeness (QED) is 0.931. The van der Waals surface area contributed by atoms with Crippen LogP contribution in [0.25, 0.3) is 0 Å². The van der Waals surface area contributed by atoms with E-state index in [2.05, 4.69) is 28.5 Å². The fourth-order valence-corrected chi connectivity index (χ4v) is 3.62. The van der Waals surface area contributed by atoms with Crippen LogP contribution in [0.2, 0.25) is 0 Å². The SMILES string of the molecule is Cc1ccnc(NC(=O)C2(C3=CC4CCCOC4C=C3)CC2)c1. The summed E-state index contributed by atoms with van der Waals surface area (Å²) in [5.74, 6) is 1.13. The molecule has 0 spiro atoms. The maximum atomic E-state index is 12.8. The smallest absolute Gasteiger partial charge is 0.236 e. The van der Waals surface area contributed by atoms with Crippen molar-refractivity contribution < 1.29 is 9.53 Å². The zero-order valence-electron chi connectivity index (χ0n) is 13.4. The number of aryl methyl sites for hydroxylation is 1. The van der Waals surface area contributed by atoms with Gasteiger partial charge in [0.05, 0.1) is 11.5 Å². The monoisotopic (exact) mass is 310 g/mol. The molecule has 0 radical (unpaired) electrons. The zero-order valence-corrected chi connectivity index (χ0v) is 13.4. The third kappa shape index (κ3) is 2.72. The van der Waals surface area contributed by atoms with Gasteiger partial charge in [0.15, 0.2) is 0 Å². The number of ether oxygens (including phenoxy) is 1. The molecule has 0 bridgehead atoms. The topological polar surface area (TPSA) is 51.2 Å². The number of carbonyl (C=O) groups is 1. The van der Waals surface area contributed by atoms with Crippen LogP contribution >= 0.6 is 0 Å². The van der Waals surface area contributed by atoms with Crippen LogP contribution in [-0.2, 0) is 9.53 Å². The maximum absolute atomic E-state index is 12.8. The zero-order chi connectivity index (χ0) is 15.9. The predicted molar refractivity (Wildman–Crippen MR) is 89.0 cm³/mol. The van der Waals surface area contributed by atoms with Crippen molar-refractivity contribution in [3.05, 3.63) is 47.7 Å². The van der Waals surface area contributed by atoms with Gasteiger partial charge in [-0.1, -0.05) is 18.2 Å². The van der Waals surface area contributed by atoms with Crippen molar-refractivity contribution >= 4 is 11.7 Å². The first-order valence-electron chi connectivity index (χ1n) is 8.44. The molecule has 0 aromatic carbocycles. The van der Waals surface area contributed by atoms with Crippen molar-refractivity contribution in [3.8, 4) is 0 Å². The molecule has 1 saturated carbocycles. The number of carbonyl (C=O) groups excluding carboxylic acids is 1. The number of aromatic nitrogens is 1. The predicted octanol–water partition coefficient (Wildman–Crippen LogP) is 3.40. The van der Waals surface area contributed by atoms with Crippen LogP contribution in [0.15, 0.2) is 42.1 Å². The second-order valence-electron chi connectivity index (χ2n) is 6.88. The van der Waals surface area contributed by atoms with Gasteiger partial charge < -0.3 is 10.1 Å². The van der Waals surface area contributed by atoms with E-state index in [1.54, 1.807) is 6.20 Å². The minimum absolute atomic E-state index is 0.0710. The fraction of sp³-hybridized carbons (Fsp3) is 0.474. The summed E-state index contributed by atoms with van der Waals surface area (Å²) in [4.78, 5) is 17.1. The lowest BCUT2D eigenvalue weighted by Crippen LogP contribution is -2.32. The number of nitrogens with one attached hydrogen (secondary N) is 1. The Hall–Kier alpha value is -1.94. The third-order valence-electron chi connectivity index (χ3n) is 5.17. The summed E-state index contributed by atoms with van der Waals surface area (Å²) < 4.78 is 5.79. The molecule has 23 heavy (non-hydrogen) atoms. The standard InChI is InChI=1S/C19H22N2O2/c1-13-6-9-20-17(11-13)21-18(22)19(7-8-19)15-4-5-16-14(12-15)3-2-10-23-16/h4-6,9,11-12,14,16H,2-3,7-8,10H2,1H3,(H,20,21,22). The van der Waals surface area contributed by atoms with E-state index >= 15 is 0 Å². The van der Waals surface area contributed by atoms with Crippen LogP contribution in [0, 0.1) is 18.3 Å². The Kier molecular flexibility index (Phi) is 3.57. The highest BCUT2D eigenvalue weighted by Gasteiger charge is 2.53. The lowest BCUT2D eigenvalue weighted by Gasteiger charge is -2.32. The highest BCUT2D eigenvalue weighted by molar-refractivity contribution is 5.99. The van der Waals surface area contributed by atoms with Crippen molar-refractivity contribution in [2.75, 3.05) is 11.9 Å². The van der Waals surface area contributed by atoms with Gasteiger partial charge in [-0.3, -0.25) is 4.79 Å². The molecule has 1 aromatic rings. The van der Waals surface area contributed by atoms with Crippen molar-refractivity contribution in [2.24, 2.45) is 11.3 Å². The summed E-state index contributed by atoms with van der Waals surface area (Å²) in [7, 11) is 0. The number of anilines is 1. The van der Waals surface area contributed by atoms with Gasteiger partial charge in [0.2, 0.25) is 5.91 Å². The van der Waals surface area contributed by atoms with Crippen molar-refractivity contribution in [3.63, 3.8) is 0 Å². The van der Waals surface area contributed by atoms with E-state index < -0.39 is 0 Å². The van der Waals surface area contributed by atoms with Crippen LogP contribution in [0.4, 0.5) is 5.82 Å². The molecule has 1 N–H and O–H groups in total. The lowest BCUT2D eigenvalue weighted by molar-refractivity contribution is -0.119. The molecule has 2 fully saturated rings. The Labute approximate surface area is 136 Å². The van der Waals surface area contributed by atoms with Gasteiger partial charge in [0, 0.05) is 18.7 Å². The average Bonchev–Trinajstić information content (AvgIpc) is 3.36. The van der Waals surface area contributed by atoms with E-state index in [-0.39, 0.29) is 17.4 Å². The highest BCUT2D eigenvalue weighted by Crippen LogP contribution is 2.54. The number of allylic oxidation sites excluding steroid dienone is 1. The third-order valence-corrected chi connectivity index (χ3v) is 5.17. The molecule has 120 valence electrons. The molecule has 2 aliphatic carbocycles. The first kappa shape index (κ1) is 14.6. The van der Waals surface area contributed by atoms with Crippen LogP contribution in [0.1, 0.15) is 31.2 Å². The van der Waals surface area contributed by atoms with E-state index in [0.717, 1.165) is 43.4 Å². The molecule has 1 amide bonds. The summed E-state index contributed by atoms with van der Waals surface area (Å²) in [5.41, 5.74) is 1.90. The summed E-state index contributed by atoms with van der Waals surface area (Å²) in [6.45, 7) is 2.85. The number of amides is 1. The maximum Gasteiger partial charge on any atom is 0.236 e. The van der Waals surface area contributed by atoms with Crippen molar-refractivity contribution in [2.45, 2.75) is 38.7 Å². The summed E-state index contributed by atoms with van der Waals surface area (Å²) in [6, 6.07) is 3.84. The summed E-state index contributed by atoms with van der Waals surface area (Å²) in [6.07, 6.45) is 12.5. The minimum Gasteiger partial charge on any atom is -0.374 e. The average molecular weight is 310 g/mol. The highest BCUT2D eigenvalue weighted by atomic mass is 16.5. The van der Waals surface area contributed by atoms with Gasteiger partial charge in [-0.05, 0) is 55.9 Å². The Balaban J connectivity index is 1.53. The van der Waals surface area contributed by atoms with Gasteiger partial charge >= 0.3 is 0 Å². The van der Waals surface area contributed by atoms with Gasteiger partial charge in [-0.25, -0.2) is 4.98 Å². The van der Waals surface area contributed by atoms with E-state index in [1.807, 2.05) is 19.1 Å². The van der Waals surface area contributed by atoms with E-state index in [9.17, 15) is 4.79 Å². The van der Waals surface area contributed by atoms with Crippen molar-refractivity contribution in [1.82, 2.24) is 4.98 Å². The number of fused-ring (bicyclic) bond motifs is 1. The fourth-order valence-electron chi connectivity index (χ4n) is 3.62. The van der Waals surface area contributed by atoms with E-state index in [4.69, 9.17) is 4.74 Å². The van der Waals surface area contributed by atoms with E-state index in [1.165, 1.54) is 0 Å². The number of rotatable bonds is 3. The first-order valence-corrected chi connectivity index (χ1v) is 8.44. The van der Waals surface area contributed by atoms with Gasteiger partial charge in [0.25, 0.3) is 0 Å². The second kappa shape index (κ2) is 5.60. The minimum atomic E-state index is -0.357. The number of hydrogen-bond donors (Lipinski definition) is 1. The first-order chi connectivity index (χ1) is 11.2. The van der Waals surface area contributed by atoms with E-state index in [0.29, 0.717) is 11.7 Å². The largest absolute Gasteiger partial charge is 0.374 e. The molecule has 2 heterocycles. The van der Waals surface area contributed by atoms with Crippen LogP contribution in [-0.4, -0.2) is 23.6 Å². The second-order valence-corrected chi connectivity index (χ2v) is 6.88. The Bertz CT molecular complexity index is 688. The number of pyridine rings is 1. The molecule has 3 aliphatic rings. The number of nitrogens with zero attached hydrogens (tertiary/aromatic N) is 1. The Morgan fingerprint density at radius 2 is 2.30 bits per heavy atom. The molecule has 2 atom stereocenters. The molecule has 1 saturated heterocycles. The van der Waals surface area contributed by atoms with Gasteiger partial charge in [-0.15, -0.1) is 0 Å². The normalized spacial score (nSPS) is 27.8. The molecule has 1 aliphatic heterocycles. The van der Waals surface area contributed by atoms with Crippen LogP contribution in [0.3, 0.4) is 0 Å². The summed E-state index contributed by atoms with van der Waals surface area (Å²) >= 11 is 0.